The van der Waals surface area contributed by atoms with Crippen molar-refractivity contribution in [1.82, 2.24) is 5.32 Å². The Hall–Kier alpha value is -1.17. The summed E-state index contributed by atoms with van der Waals surface area (Å²) in [5.74, 6) is -0.769. The van der Waals surface area contributed by atoms with E-state index in [2.05, 4.69) is 10.1 Å². The average molecular weight is 258 g/mol. The van der Waals surface area contributed by atoms with E-state index in [1.54, 1.807) is 0 Å². The first-order valence-electron chi connectivity index (χ1n) is 5.54. The summed E-state index contributed by atoms with van der Waals surface area (Å²) in [5.41, 5.74) is 4.81. The van der Waals surface area contributed by atoms with Gasteiger partial charge in [-0.2, -0.15) is 0 Å². The molecule has 5 nitrogen and oxygen atoms in total. The quantitative estimate of drug-likeness (QED) is 0.550. The van der Waals surface area contributed by atoms with E-state index in [1.165, 1.54) is 7.11 Å². The van der Waals surface area contributed by atoms with Crippen molar-refractivity contribution in [2.45, 2.75) is 32.7 Å². The van der Waals surface area contributed by atoms with Crippen LogP contribution in [-0.2, 0) is 14.3 Å². The van der Waals surface area contributed by atoms with Gasteiger partial charge >= 0.3 is 5.97 Å². The molecular weight excluding hydrogens is 240 g/mol. The van der Waals surface area contributed by atoms with Gasteiger partial charge in [0.05, 0.1) is 17.5 Å². The smallest absolute Gasteiger partial charge is 0.328 e. The SMILES string of the molecule is COC(=O)C(NC(=O)C1(C(N)=S)CC1)C(C)C. The second-order valence-electron chi connectivity index (χ2n) is 4.66. The maximum atomic E-state index is 12.0. The molecule has 1 amide bonds. The fourth-order valence-electron chi connectivity index (χ4n) is 1.61. The van der Waals surface area contributed by atoms with Gasteiger partial charge in [-0.15, -0.1) is 0 Å². The summed E-state index contributed by atoms with van der Waals surface area (Å²) in [6.45, 7) is 3.67. The molecule has 6 heteroatoms. The van der Waals surface area contributed by atoms with Crippen molar-refractivity contribution in [3.63, 3.8) is 0 Å². The number of carbonyl (C=O) groups excluding carboxylic acids is 2. The number of nitrogens with two attached hydrogens (primary N) is 1. The Kier molecular flexibility index (Phi) is 4.08. The van der Waals surface area contributed by atoms with Crippen molar-refractivity contribution in [2.75, 3.05) is 7.11 Å². The topological polar surface area (TPSA) is 81.4 Å². The van der Waals surface area contributed by atoms with E-state index < -0.39 is 17.4 Å². The monoisotopic (exact) mass is 258 g/mol. The van der Waals surface area contributed by atoms with Crippen LogP contribution in [0.1, 0.15) is 26.7 Å². The molecule has 1 aliphatic rings. The van der Waals surface area contributed by atoms with Gasteiger partial charge in [-0.25, -0.2) is 4.79 Å². The van der Waals surface area contributed by atoms with E-state index in [9.17, 15) is 9.59 Å². The molecule has 1 unspecified atom stereocenters. The Labute approximate surface area is 106 Å². The van der Waals surface area contributed by atoms with Crippen LogP contribution in [0.4, 0.5) is 0 Å². The summed E-state index contributed by atoms with van der Waals surface area (Å²) in [6, 6.07) is -0.653. The predicted octanol–water partition coefficient (Wildman–Crippen LogP) is 0.366. The fraction of sp³-hybridized carbons (Fsp3) is 0.727. The Balaban J connectivity index is 2.72. The number of methoxy groups -OCH3 is 1. The summed E-state index contributed by atoms with van der Waals surface area (Å²) in [5, 5.41) is 2.67. The fourth-order valence-corrected chi connectivity index (χ4v) is 1.91. The van der Waals surface area contributed by atoms with Crippen LogP contribution in [-0.4, -0.2) is 30.0 Å². The Morgan fingerprint density at radius 3 is 2.24 bits per heavy atom. The largest absolute Gasteiger partial charge is 0.467 e. The van der Waals surface area contributed by atoms with Gasteiger partial charge in [0.2, 0.25) is 5.91 Å². The molecule has 0 bridgehead atoms. The number of rotatable bonds is 5. The van der Waals surface area contributed by atoms with Gasteiger partial charge in [0.1, 0.15) is 6.04 Å². The maximum absolute atomic E-state index is 12.0. The predicted molar refractivity (Wildman–Crippen MR) is 67.2 cm³/mol. The zero-order chi connectivity index (χ0) is 13.2. The zero-order valence-corrected chi connectivity index (χ0v) is 11.1. The normalized spacial score (nSPS) is 18.4. The molecule has 1 rings (SSSR count). The van der Waals surface area contributed by atoms with Crippen LogP contribution in [0, 0.1) is 11.3 Å². The second-order valence-corrected chi connectivity index (χ2v) is 5.10. The molecule has 1 aliphatic carbocycles. The summed E-state index contributed by atoms with van der Waals surface area (Å²) in [6.07, 6.45) is 1.31. The van der Waals surface area contributed by atoms with Crippen molar-refractivity contribution in [1.29, 1.82) is 0 Å². The third-order valence-corrected chi connectivity index (χ3v) is 3.46. The zero-order valence-electron chi connectivity index (χ0n) is 10.3. The van der Waals surface area contributed by atoms with Crippen LogP contribution in [0.5, 0.6) is 0 Å². The third-order valence-electron chi connectivity index (χ3n) is 3.06. The highest BCUT2D eigenvalue weighted by atomic mass is 32.1. The van der Waals surface area contributed by atoms with Crippen molar-refractivity contribution in [2.24, 2.45) is 17.1 Å². The molecule has 0 aromatic heterocycles. The number of hydrogen-bond donors (Lipinski definition) is 2. The Morgan fingerprint density at radius 1 is 1.41 bits per heavy atom. The molecule has 0 aliphatic heterocycles. The summed E-state index contributed by atoms with van der Waals surface area (Å²) in [4.78, 5) is 23.7. The second kappa shape index (κ2) is 5.00. The molecule has 0 aromatic carbocycles. The molecule has 3 N–H and O–H groups in total. The number of hydrogen-bond acceptors (Lipinski definition) is 4. The molecule has 0 radical (unpaired) electrons. The number of amides is 1. The Bertz CT molecular complexity index is 351. The van der Waals surface area contributed by atoms with Crippen LogP contribution < -0.4 is 11.1 Å². The van der Waals surface area contributed by atoms with Gasteiger partial charge in [-0.05, 0) is 18.8 Å². The first kappa shape index (κ1) is 13.9. The minimum absolute atomic E-state index is 0.0476. The summed E-state index contributed by atoms with van der Waals surface area (Å²) in [7, 11) is 1.30. The lowest BCUT2D eigenvalue weighted by Crippen LogP contribution is -2.50. The molecule has 17 heavy (non-hydrogen) atoms. The van der Waals surface area contributed by atoms with Gasteiger partial charge in [0, 0.05) is 0 Å². The van der Waals surface area contributed by atoms with E-state index in [0.717, 1.165) is 0 Å². The number of ether oxygens (including phenoxy) is 1. The highest BCUT2D eigenvalue weighted by Gasteiger charge is 2.53. The van der Waals surface area contributed by atoms with E-state index >= 15 is 0 Å². The Morgan fingerprint density at radius 2 is 1.94 bits per heavy atom. The van der Waals surface area contributed by atoms with E-state index in [-0.39, 0.29) is 16.8 Å². The van der Waals surface area contributed by atoms with Crippen LogP contribution in [0.25, 0.3) is 0 Å². The van der Waals surface area contributed by atoms with Crippen LogP contribution in [0.15, 0.2) is 0 Å². The van der Waals surface area contributed by atoms with Gasteiger partial charge in [0.25, 0.3) is 0 Å². The molecule has 1 atom stereocenters. The van der Waals surface area contributed by atoms with Crippen LogP contribution >= 0.6 is 12.2 Å². The van der Waals surface area contributed by atoms with Crippen molar-refractivity contribution >= 4 is 29.1 Å². The van der Waals surface area contributed by atoms with Crippen molar-refractivity contribution < 1.29 is 14.3 Å². The average Bonchev–Trinajstić information content (AvgIpc) is 3.05. The first-order valence-corrected chi connectivity index (χ1v) is 5.94. The van der Waals surface area contributed by atoms with Gasteiger partial charge in [0.15, 0.2) is 0 Å². The van der Waals surface area contributed by atoms with Gasteiger partial charge in [-0.3, -0.25) is 4.79 Å². The minimum Gasteiger partial charge on any atom is -0.467 e. The van der Waals surface area contributed by atoms with Gasteiger partial charge < -0.3 is 15.8 Å². The number of thiocarbonyl (C=S) groups is 1. The molecule has 1 saturated carbocycles. The van der Waals surface area contributed by atoms with Crippen LogP contribution in [0.3, 0.4) is 0 Å². The van der Waals surface area contributed by atoms with Gasteiger partial charge in [-0.1, -0.05) is 26.1 Å². The first-order chi connectivity index (χ1) is 7.85. The molecule has 1 fully saturated rings. The number of carbonyl (C=O) groups is 2. The molecule has 0 aromatic rings. The minimum atomic E-state index is -0.740. The van der Waals surface area contributed by atoms with Crippen LogP contribution in [0.2, 0.25) is 0 Å². The molecule has 0 spiro atoms. The number of nitrogens with one attached hydrogen (secondary N) is 1. The summed E-state index contributed by atoms with van der Waals surface area (Å²) >= 11 is 4.88. The van der Waals surface area contributed by atoms with Crippen molar-refractivity contribution in [3.05, 3.63) is 0 Å². The number of esters is 1. The highest BCUT2D eigenvalue weighted by molar-refractivity contribution is 7.80. The lowest BCUT2D eigenvalue weighted by Gasteiger charge is -2.22. The van der Waals surface area contributed by atoms with Crippen molar-refractivity contribution in [3.8, 4) is 0 Å². The lowest BCUT2D eigenvalue weighted by atomic mass is 10.0. The molecule has 0 saturated heterocycles. The standard InChI is InChI=1S/C11H18N2O3S/c1-6(2)7(8(14)16-3)13-10(15)11(4-5-11)9(12)17/h6-7H,4-5H2,1-3H3,(H2,12,17)(H,13,15). The van der Waals surface area contributed by atoms with E-state index in [4.69, 9.17) is 18.0 Å². The molecular formula is C11H18N2O3S. The molecule has 0 heterocycles. The summed E-state index contributed by atoms with van der Waals surface area (Å²) < 4.78 is 4.65. The van der Waals surface area contributed by atoms with E-state index in [0.29, 0.717) is 12.8 Å². The molecule has 96 valence electrons. The van der Waals surface area contributed by atoms with E-state index in [1.807, 2.05) is 13.8 Å². The lowest BCUT2D eigenvalue weighted by molar-refractivity contribution is -0.146. The third kappa shape index (κ3) is 2.74. The maximum Gasteiger partial charge on any atom is 0.328 e. The highest BCUT2D eigenvalue weighted by Crippen LogP contribution is 2.46.